The Morgan fingerprint density at radius 1 is 1.06 bits per heavy atom. The van der Waals surface area contributed by atoms with Gasteiger partial charge >= 0.3 is 0 Å². The van der Waals surface area contributed by atoms with Crippen LogP contribution in [0.4, 0.5) is 4.39 Å². The number of rotatable bonds is 5. The molecular formula is C27H31FN4O3. The average Bonchev–Trinajstić information content (AvgIpc) is 3.39. The van der Waals surface area contributed by atoms with Crippen molar-refractivity contribution in [2.24, 2.45) is 5.92 Å². The summed E-state index contributed by atoms with van der Waals surface area (Å²) in [4.78, 5) is 15.5. The molecule has 0 unspecified atom stereocenters. The van der Waals surface area contributed by atoms with Crippen LogP contribution in [0.3, 0.4) is 0 Å². The third-order valence-corrected chi connectivity index (χ3v) is 7.40. The maximum Gasteiger partial charge on any atom is 0.226 e. The standard InChI is InChI=1S/C27H31FN4O3/c1-35-22-13-9-19(10-14-22)24-15-25(26(33)17-31(24)27(34)20-5-3-2-4-6-20)32-16-23(29-30-32)18-7-11-21(28)12-8-18/h7-14,16,20,24-26,33H,2-6,15,17H2,1H3/t24-,25+,26+/m1/s1. The van der Waals surface area contributed by atoms with Gasteiger partial charge in [0.05, 0.1) is 31.5 Å². The van der Waals surface area contributed by atoms with Gasteiger partial charge in [-0.05, 0) is 61.2 Å². The highest BCUT2D eigenvalue weighted by molar-refractivity contribution is 5.79. The summed E-state index contributed by atoms with van der Waals surface area (Å²) in [6.45, 7) is 0.239. The van der Waals surface area contributed by atoms with E-state index in [0.717, 1.165) is 42.6 Å². The number of aromatic nitrogens is 3. The second-order valence-electron chi connectivity index (χ2n) is 9.58. The summed E-state index contributed by atoms with van der Waals surface area (Å²) >= 11 is 0. The van der Waals surface area contributed by atoms with E-state index in [1.807, 2.05) is 29.2 Å². The van der Waals surface area contributed by atoms with E-state index in [-0.39, 0.29) is 36.3 Å². The fourth-order valence-corrected chi connectivity index (χ4v) is 5.41. The lowest BCUT2D eigenvalue weighted by Crippen LogP contribution is -2.51. The van der Waals surface area contributed by atoms with E-state index in [4.69, 9.17) is 4.74 Å². The van der Waals surface area contributed by atoms with Crippen LogP contribution in [0.5, 0.6) is 5.75 Å². The molecule has 1 aromatic heterocycles. The van der Waals surface area contributed by atoms with Crippen LogP contribution in [0, 0.1) is 11.7 Å². The smallest absolute Gasteiger partial charge is 0.226 e. The largest absolute Gasteiger partial charge is 0.497 e. The number of benzene rings is 2. The molecule has 2 heterocycles. The number of carbonyl (C=O) groups excluding carboxylic acids is 1. The molecule has 184 valence electrons. The van der Waals surface area contributed by atoms with Gasteiger partial charge in [-0.15, -0.1) is 5.10 Å². The van der Waals surface area contributed by atoms with E-state index >= 15 is 0 Å². The van der Waals surface area contributed by atoms with Crippen LogP contribution in [-0.2, 0) is 4.79 Å². The molecule has 0 spiro atoms. The number of hydrogen-bond donors (Lipinski definition) is 1. The van der Waals surface area contributed by atoms with E-state index in [1.165, 1.54) is 18.6 Å². The quantitative estimate of drug-likeness (QED) is 0.582. The highest BCUT2D eigenvalue weighted by Crippen LogP contribution is 2.40. The molecule has 1 aliphatic carbocycles. The molecule has 3 aromatic rings. The number of aliphatic hydroxyl groups is 1. The van der Waals surface area contributed by atoms with Gasteiger partial charge in [0.15, 0.2) is 0 Å². The fraction of sp³-hybridized carbons (Fsp3) is 0.444. The van der Waals surface area contributed by atoms with E-state index in [0.29, 0.717) is 12.1 Å². The predicted octanol–water partition coefficient (Wildman–Crippen LogP) is 4.55. The minimum Gasteiger partial charge on any atom is -0.497 e. The number of hydrogen-bond acceptors (Lipinski definition) is 5. The van der Waals surface area contributed by atoms with Crippen LogP contribution >= 0.6 is 0 Å². The Bertz CT molecular complexity index is 1140. The van der Waals surface area contributed by atoms with E-state index in [9.17, 15) is 14.3 Å². The van der Waals surface area contributed by atoms with Crippen LogP contribution in [0.25, 0.3) is 11.3 Å². The second-order valence-corrected chi connectivity index (χ2v) is 9.58. The van der Waals surface area contributed by atoms with Crippen molar-refractivity contribution >= 4 is 5.91 Å². The first kappa shape index (κ1) is 23.5. The first-order chi connectivity index (χ1) is 17.0. The number of amides is 1. The minimum absolute atomic E-state index is 0.0182. The van der Waals surface area contributed by atoms with Crippen molar-refractivity contribution in [3.63, 3.8) is 0 Å². The summed E-state index contributed by atoms with van der Waals surface area (Å²) < 4.78 is 20.3. The summed E-state index contributed by atoms with van der Waals surface area (Å²) in [5.41, 5.74) is 2.37. The summed E-state index contributed by atoms with van der Waals surface area (Å²) in [5.74, 6) is 0.596. The first-order valence-corrected chi connectivity index (χ1v) is 12.3. The zero-order chi connectivity index (χ0) is 24.4. The third-order valence-electron chi connectivity index (χ3n) is 7.40. The summed E-state index contributed by atoms with van der Waals surface area (Å²) in [6, 6.07) is 13.3. The van der Waals surface area contributed by atoms with Crippen LogP contribution in [-0.4, -0.2) is 50.7 Å². The topological polar surface area (TPSA) is 80.5 Å². The lowest BCUT2D eigenvalue weighted by Gasteiger charge is -2.44. The predicted molar refractivity (Wildman–Crippen MR) is 129 cm³/mol. The Balaban J connectivity index is 1.43. The van der Waals surface area contributed by atoms with Gasteiger partial charge in [-0.2, -0.15) is 0 Å². The summed E-state index contributed by atoms with van der Waals surface area (Å²) in [6.07, 6.45) is 6.67. The molecule has 5 rings (SSSR count). The molecule has 1 saturated carbocycles. The van der Waals surface area contributed by atoms with Gasteiger partial charge in [0.2, 0.25) is 5.91 Å². The maximum absolute atomic E-state index is 13.6. The van der Waals surface area contributed by atoms with Gasteiger partial charge in [0.25, 0.3) is 0 Å². The molecule has 7 nitrogen and oxygen atoms in total. The molecule has 1 amide bonds. The molecule has 2 aromatic carbocycles. The van der Waals surface area contributed by atoms with Crippen LogP contribution < -0.4 is 4.74 Å². The molecule has 1 saturated heterocycles. The van der Waals surface area contributed by atoms with E-state index in [1.54, 1.807) is 30.1 Å². The molecule has 0 radical (unpaired) electrons. The van der Waals surface area contributed by atoms with Crippen molar-refractivity contribution in [2.75, 3.05) is 13.7 Å². The molecular weight excluding hydrogens is 447 g/mol. The molecule has 3 atom stereocenters. The van der Waals surface area contributed by atoms with Crippen molar-refractivity contribution in [3.8, 4) is 17.0 Å². The number of nitrogens with zero attached hydrogens (tertiary/aromatic N) is 4. The van der Waals surface area contributed by atoms with Crippen molar-refractivity contribution in [1.29, 1.82) is 0 Å². The highest BCUT2D eigenvalue weighted by atomic mass is 19.1. The molecule has 2 fully saturated rings. The number of ether oxygens (including phenoxy) is 1. The Kier molecular flexibility index (Phi) is 6.81. The van der Waals surface area contributed by atoms with Gasteiger partial charge in [0, 0.05) is 18.0 Å². The van der Waals surface area contributed by atoms with Gasteiger partial charge in [-0.1, -0.05) is 36.6 Å². The highest BCUT2D eigenvalue weighted by Gasteiger charge is 2.41. The SMILES string of the molecule is COc1ccc([C@H]2C[C@H](n3cc(-c4ccc(F)cc4)nn3)[C@@H](O)CN2C(=O)C2CCCCC2)cc1. The van der Waals surface area contributed by atoms with E-state index in [2.05, 4.69) is 10.3 Å². The molecule has 1 N–H and O–H groups in total. The number of carbonyl (C=O) groups is 1. The number of likely N-dealkylation sites (tertiary alicyclic amines) is 1. The monoisotopic (exact) mass is 478 g/mol. The van der Waals surface area contributed by atoms with Crippen molar-refractivity contribution in [3.05, 3.63) is 66.1 Å². The van der Waals surface area contributed by atoms with Gasteiger partial charge in [-0.25, -0.2) is 9.07 Å². The molecule has 2 aliphatic rings. The third kappa shape index (κ3) is 4.93. The van der Waals surface area contributed by atoms with Gasteiger partial charge in [0.1, 0.15) is 17.3 Å². The average molecular weight is 479 g/mol. The Morgan fingerprint density at radius 2 is 1.77 bits per heavy atom. The van der Waals surface area contributed by atoms with Crippen molar-refractivity contribution in [1.82, 2.24) is 19.9 Å². The number of piperidine rings is 1. The van der Waals surface area contributed by atoms with Crippen molar-refractivity contribution in [2.45, 2.75) is 56.7 Å². The van der Waals surface area contributed by atoms with Crippen LogP contribution in [0.2, 0.25) is 0 Å². The Morgan fingerprint density at radius 3 is 2.46 bits per heavy atom. The first-order valence-electron chi connectivity index (χ1n) is 12.3. The lowest BCUT2D eigenvalue weighted by atomic mass is 9.84. The van der Waals surface area contributed by atoms with Crippen molar-refractivity contribution < 1.29 is 19.0 Å². The minimum atomic E-state index is -0.778. The number of aliphatic hydroxyl groups excluding tert-OH is 1. The molecule has 35 heavy (non-hydrogen) atoms. The maximum atomic E-state index is 13.6. The lowest BCUT2D eigenvalue weighted by molar-refractivity contribution is -0.145. The zero-order valence-corrected chi connectivity index (χ0v) is 19.9. The number of halogens is 1. The summed E-state index contributed by atoms with van der Waals surface area (Å²) in [7, 11) is 1.63. The van der Waals surface area contributed by atoms with Gasteiger partial charge in [-0.3, -0.25) is 4.79 Å². The van der Waals surface area contributed by atoms with E-state index < -0.39 is 6.10 Å². The van der Waals surface area contributed by atoms with Gasteiger partial charge < -0.3 is 14.7 Å². The zero-order valence-electron chi connectivity index (χ0n) is 19.9. The molecule has 1 aliphatic heterocycles. The second kappa shape index (κ2) is 10.2. The molecule has 0 bridgehead atoms. The summed E-state index contributed by atoms with van der Waals surface area (Å²) in [5, 5.41) is 19.7. The Hall–Kier alpha value is -3.26. The van der Waals surface area contributed by atoms with Crippen LogP contribution in [0.1, 0.15) is 56.2 Å². The molecule has 8 heteroatoms. The number of methoxy groups -OCH3 is 1. The Labute approximate surface area is 204 Å². The fourth-order valence-electron chi connectivity index (χ4n) is 5.41. The van der Waals surface area contributed by atoms with Crippen LogP contribution in [0.15, 0.2) is 54.7 Å². The normalized spacial score (nSPS) is 23.3. The number of β-amino-alcohol motifs (C(OH)–C–C–N with tert-alkyl or cyclic N) is 1.